The Balaban J connectivity index is -0.0000000800. The minimum absolute atomic E-state index is 0. The van der Waals surface area contributed by atoms with Gasteiger partial charge in [-0.2, -0.15) is 0 Å². The largest absolute Gasteiger partial charge is 0.326 e. The van der Waals surface area contributed by atoms with Gasteiger partial charge in [-0.05, 0) is 20.8 Å². The zero-order valence-electron chi connectivity index (χ0n) is 4.89. The zero-order chi connectivity index (χ0) is 4.50. The van der Waals surface area contributed by atoms with Gasteiger partial charge in [0.2, 0.25) is 0 Å². The Morgan fingerprint density at radius 3 is 1.00 bits per heavy atom. The third kappa shape index (κ3) is 462. The van der Waals surface area contributed by atoms with Crippen molar-refractivity contribution >= 4 is 24.8 Å². The van der Waals surface area contributed by atoms with E-state index in [-0.39, 0.29) is 30.4 Å². The van der Waals surface area contributed by atoms with Crippen molar-refractivity contribution in [3.63, 3.8) is 0 Å². The molecule has 0 bridgehead atoms. The standard InChI is InChI=1S/C4H11N.2ClH/c1-4(2,3)5;;/h5H2,1-3H3;2*1H. The molecule has 0 aromatic carbocycles. The molecule has 0 spiro atoms. The van der Waals surface area contributed by atoms with Crippen molar-refractivity contribution in [3.05, 3.63) is 0 Å². The van der Waals surface area contributed by atoms with E-state index in [1.165, 1.54) is 0 Å². The Labute approximate surface area is 57.5 Å². The summed E-state index contributed by atoms with van der Waals surface area (Å²) in [7, 11) is 0. The molecule has 0 unspecified atom stereocenters. The van der Waals surface area contributed by atoms with E-state index in [1.807, 2.05) is 20.8 Å². The maximum Gasteiger partial charge on any atom is 0.00686 e. The van der Waals surface area contributed by atoms with Gasteiger partial charge in [0, 0.05) is 5.54 Å². The van der Waals surface area contributed by atoms with Crippen LogP contribution in [0.25, 0.3) is 0 Å². The number of hydrogen-bond acceptors (Lipinski definition) is 1. The summed E-state index contributed by atoms with van der Waals surface area (Å²) in [6, 6.07) is 0. The van der Waals surface area contributed by atoms with Crippen LogP contribution in [0.2, 0.25) is 0 Å². The highest BCUT2D eigenvalue weighted by Gasteiger charge is 1.95. The maximum atomic E-state index is 5.35. The number of rotatable bonds is 0. The van der Waals surface area contributed by atoms with Crippen molar-refractivity contribution in [2.24, 2.45) is 5.73 Å². The van der Waals surface area contributed by atoms with Crippen LogP contribution in [0.5, 0.6) is 0 Å². The fourth-order valence-corrected chi connectivity index (χ4v) is 0. The molecule has 3 heteroatoms. The third-order valence-electron chi connectivity index (χ3n) is 0. The van der Waals surface area contributed by atoms with Gasteiger partial charge in [0.15, 0.2) is 0 Å². The molecule has 0 aromatic heterocycles. The average molecular weight is 146 g/mol. The summed E-state index contributed by atoms with van der Waals surface area (Å²) in [6.45, 7) is 5.90. The Hall–Kier alpha value is 0.540. The van der Waals surface area contributed by atoms with Crippen molar-refractivity contribution in [1.82, 2.24) is 0 Å². The molecule has 0 aromatic rings. The lowest BCUT2D eigenvalue weighted by molar-refractivity contribution is 0.580. The second-order valence-electron chi connectivity index (χ2n) is 2.37. The Morgan fingerprint density at radius 1 is 1.00 bits per heavy atom. The number of halogens is 2. The zero-order valence-corrected chi connectivity index (χ0v) is 6.53. The second-order valence-corrected chi connectivity index (χ2v) is 2.37. The average Bonchev–Trinajstić information content (AvgIpc) is 0.722. The van der Waals surface area contributed by atoms with Crippen LogP contribution in [-0.4, -0.2) is 5.54 Å². The molecule has 0 saturated heterocycles. The minimum Gasteiger partial charge on any atom is -0.326 e. The molecule has 2 N–H and O–H groups in total. The second kappa shape index (κ2) is 4.69. The summed E-state index contributed by atoms with van der Waals surface area (Å²) in [6.07, 6.45) is 0. The topological polar surface area (TPSA) is 26.0 Å². The van der Waals surface area contributed by atoms with Crippen molar-refractivity contribution in [1.29, 1.82) is 0 Å². The fourth-order valence-electron chi connectivity index (χ4n) is 0. The van der Waals surface area contributed by atoms with E-state index in [0.717, 1.165) is 0 Å². The first kappa shape index (κ1) is 15.6. The van der Waals surface area contributed by atoms with Crippen molar-refractivity contribution < 1.29 is 0 Å². The molecule has 0 aliphatic carbocycles. The Morgan fingerprint density at radius 2 is 1.00 bits per heavy atom. The van der Waals surface area contributed by atoms with Gasteiger partial charge in [-0.25, -0.2) is 0 Å². The first-order valence-electron chi connectivity index (χ1n) is 1.79. The van der Waals surface area contributed by atoms with E-state index in [0.29, 0.717) is 0 Å². The first-order valence-corrected chi connectivity index (χ1v) is 1.79. The predicted molar refractivity (Wildman–Crippen MR) is 38.4 cm³/mol. The van der Waals surface area contributed by atoms with Crippen LogP contribution in [-0.2, 0) is 0 Å². The molecular formula is C4H13Cl2N. The lowest BCUT2D eigenvalue weighted by Gasteiger charge is -2.06. The highest BCUT2D eigenvalue weighted by atomic mass is 35.5. The molecule has 0 radical (unpaired) electrons. The van der Waals surface area contributed by atoms with Crippen LogP contribution in [0.15, 0.2) is 0 Å². The normalized spacial score (nSPS) is 8.57. The van der Waals surface area contributed by atoms with E-state index in [4.69, 9.17) is 5.73 Å². The minimum atomic E-state index is 0. The summed E-state index contributed by atoms with van der Waals surface area (Å²) in [4.78, 5) is 0. The smallest absolute Gasteiger partial charge is 0.00686 e. The van der Waals surface area contributed by atoms with Crippen LogP contribution in [0.4, 0.5) is 0 Å². The van der Waals surface area contributed by atoms with Gasteiger partial charge in [-0.15, -0.1) is 24.8 Å². The lowest BCUT2D eigenvalue weighted by atomic mass is 10.1. The molecule has 0 amide bonds. The quantitative estimate of drug-likeness (QED) is 0.551. The van der Waals surface area contributed by atoms with Crippen LogP contribution in [0.3, 0.4) is 0 Å². The molecule has 7 heavy (non-hydrogen) atoms. The van der Waals surface area contributed by atoms with Gasteiger partial charge in [-0.1, -0.05) is 0 Å². The molecular weight excluding hydrogens is 133 g/mol. The van der Waals surface area contributed by atoms with E-state index in [2.05, 4.69) is 0 Å². The highest BCUT2D eigenvalue weighted by Crippen LogP contribution is 1.88. The van der Waals surface area contributed by atoms with Crippen molar-refractivity contribution in [2.45, 2.75) is 26.3 Å². The molecule has 0 atom stereocenters. The molecule has 0 heterocycles. The first-order chi connectivity index (χ1) is 2.00. The monoisotopic (exact) mass is 145 g/mol. The molecule has 0 aliphatic rings. The lowest BCUT2D eigenvalue weighted by Crippen LogP contribution is -2.26. The number of nitrogens with two attached hydrogens (primary N) is 1. The van der Waals surface area contributed by atoms with Crippen molar-refractivity contribution in [3.8, 4) is 0 Å². The van der Waals surface area contributed by atoms with Crippen LogP contribution in [0, 0.1) is 0 Å². The van der Waals surface area contributed by atoms with Gasteiger partial charge in [-0.3, -0.25) is 0 Å². The van der Waals surface area contributed by atoms with Gasteiger partial charge in [0.1, 0.15) is 0 Å². The van der Waals surface area contributed by atoms with E-state index in [9.17, 15) is 0 Å². The molecule has 0 rings (SSSR count). The summed E-state index contributed by atoms with van der Waals surface area (Å²) in [5.41, 5.74) is 5.35. The summed E-state index contributed by atoms with van der Waals surface area (Å²) in [5, 5.41) is 0. The van der Waals surface area contributed by atoms with Crippen LogP contribution >= 0.6 is 24.8 Å². The SMILES string of the molecule is CC(C)(C)N.Cl.Cl. The van der Waals surface area contributed by atoms with E-state index in [1.54, 1.807) is 0 Å². The van der Waals surface area contributed by atoms with Gasteiger partial charge < -0.3 is 5.73 Å². The molecule has 0 fully saturated rings. The van der Waals surface area contributed by atoms with Crippen LogP contribution in [0.1, 0.15) is 20.8 Å². The molecule has 0 saturated carbocycles. The Bertz CT molecular complexity index is 25.2. The highest BCUT2D eigenvalue weighted by molar-refractivity contribution is 5.85. The van der Waals surface area contributed by atoms with Gasteiger partial charge in [0.05, 0.1) is 0 Å². The van der Waals surface area contributed by atoms with E-state index >= 15 is 0 Å². The van der Waals surface area contributed by atoms with Gasteiger partial charge in [0.25, 0.3) is 0 Å². The molecule has 1 nitrogen and oxygen atoms in total. The number of hydrogen-bond donors (Lipinski definition) is 1. The van der Waals surface area contributed by atoms with Gasteiger partial charge >= 0.3 is 0 Å². The van der Waals surface area contributed by atoms with E-state index < -0.39 is 0 Å². The maximum absolute atomic E-state index is 5.35. The summed E-state index contributed by atoms with van der Waals surface area (Å²) < 4.78 is 0. The molecule has 48 valence electrons. The molecule has 0 aliphatic heterocycles. The van der Waals surface area contributed by atoms with Crippen LogP contribution < -0.4 is 5.73 Å². The summed E-state index contributed by atoms with van der Waals surface area (Å²) >= 11 is 0. The predicted octanol–water partition coefficient (Wildman–Crippen LogP) is 1.59. The van der Waals surface area contributed by atoms with Crippen molar-refractivity contribution in [2.75, 3.05) is 0 Å². The third-order valence-corrected chi connectivity index (χ3v) is 0. The Kier molecular flexibility index (Phi) is 10.5. The summed E-state index contributed by atoms with van der Waals surface area (Å²) in [5.74, 6) is 0. The fraction of sp³-hybridized carbons (Fsp3) is 1.00.